The Bertz CT molecular complexity index is 1430. The number of aliphatic hydroxyl groups is 3. The number of likely N-dealkylation sites (N-methyl/N-ethyl adjacent to an activating group) is 1. The fraction of sp³-hybridized carbons (Fsp3) is 0.548. The monoisotopic (exact) mass is 569 g/mol. The van der Waals surface area contributed by atoms with Crippen LogP contribution in [0.4, 0.5) is 4.39 Å². The van der Waals surface area contributed by atoms with E-state index in [0.717, 1.165) is 12.8 Å². The van der Waals surface area contributed by atoms with Crippen LogP contribution < -0.4 is 5.73 Å². The number of aliphatic hydroxyl groups excluding tert-OH is 2. The molecule has 0 saturated heterocycles. The minimum absolute atomic E-state index is 0.00179. The summed E-state index contributed by atoms with van der Waals surface area (Å²) in [5.41, 5.74) is 2.34. The Morgan fingerprint density at radius 2 is 1.88 bits per heavy atom. The Balaban J connectivity index is 1.61. The first kappa shape index (κ1) is 29.3. The minimum atomic E-state index is -2.28. The van der Waals surface area contributed by atoms with Crippen molar-refractivity contribution in [3.63, 3.8) is 0 Å². The van der Waals surface area contributed by atoms with Crippen LogP contribution in [0.15, 0.2) is 40.9 Å². The van der Waals surface area contributed by atoms with Gasteiger partial charge in [-0.05, 0) is 78.1 Å². The molecule has 4 atom stereocenters. The molecule has 0 heterocycles. The van der Waals surface area contributed by atoms with Crippen LogP contribution in [-0.4, -0.2) is 79.7 Å². The molecule has 0 unspecified atom stereocenters. The van der Waals surface area contributed by atoms with E-state index in [1.54, 1.807) is 11.9 Å². The number of primary amides is 1. The Kier molecular flexibility index (Phi) is 6.91. The molecule has 1 saturated carbocycles. The summed E-state index contributed by atoms with van der Waals surface area (Å²) in [5, 5.41) is 45.7. The van der Waals surface area contributed by atoms with Crippen molar-refractivity contribution in [3.8, 4) is 5.75 Å². The van der Waals surface area contributed by atoms with Crippen molar-refractivity contribution in [2.75, 3.05) is 20.6 Å². The highest BCUT2D eigenvalue weighted by atomic mass is 19.1. The van der Waals surface area contributed by atoms with Crippen LogP contribution in [0.5, 0.6) is 5.75 Å². The number of carbonyl (C=O) groups is 2. The number of rotatable bonds is 7. The molecular formula is C31H40FN3O6. The average Bonchev–Trinajstić information content (AvgIpc) is 3.75. The number of Topliss-reactive ketones (excluding diaryl/α,β-unsaturated/α-hetero) is 1. The van der Waals surface area contributed by atoms with Crippen molar-refractivity contribution in [2.45, 2.75) is 70.2 Å². The molecule has 0 aliphatic heterocycles. The Labute approximate surface area is 239 Å². The molecule has 1 fully saturated rings. The molecule has 1 aromatic carbocycles. The number of hydrogen-bond donors (Lipinski definition) is 5. The molecule has 222 valence electrons. The van der Waals surface area contributed by atoms with Gasteiger partial charge in [-0.15, -0.1) is 0 Å². The van der Waals surface area contributed by atoms with Gasteiger partial charge in [-0.3, -0.25) is 19.4 Å². The predicted molar refractivity (Wildman–Crippen MR) is 151 cm³/mol. The van der Waals surface area contributed by atoms with Gasteiger partial charge in [0.15, 0.2) is 11.4 Å². The standard InChI is InChI=1S/C31H40FN3O6/c1-7-34(5)25-19-11-15-10-18-23(20(36)12-16(24(18)32)13-35(6)30(3,4)17-8-9-17)26(37)22(15)28(39)31(19,41)14(2)21(27(25)38)29(33)40/h12,15,17,19,25,36,38-39,41H,2,7-11,13H2,1,3-6H3,(H2,33,40)/t15-,19-,25-,31-/m0/s1. The highest BCUT2D eigenvalue weighted by Crippen LogP contribution is 2.55. The number of benzene rings is 1. The van der Waals surface area contributed by atoms with Crippen LogP contribution >= 0.6 is 0 Å². The number of hydrogen-bond acceptors (Lipinski definition) is 8. The largest absolute Gasteiger partial charge is 0.510 e. The van der Waals surface area contributed by atoms with E-state index in [9.17, 15) is 30.0 Å². The van der Waals surface area contributed by atoms with Crippen LogP contribution in [-0.2, 0) is 17.8 Å². The van der Waals surface area contributed by atoms with E-state index in [1.165, 1.54) is 6.07 Å². The number of carbonyl (C=O) groups excluding carboxylic acids is 2. The predicted octanol–water partition coefficient (Wildman–Crippen LogP) is 3.26. The first-order valence-corrected chi connectivity index (χ1v) is 14.2. The third-order valence-electron chi connectivity index (χ3n) is 10.3. The molecular weight excluding hydrogens is 529 g/mol. The van der Waals surface area contributed by atoms with E-state index in [0.29, 0.717) is 12.5 Å². The van der Waals surface area contributed by atoms with E-state index in [4.69, 9.17) is 5.73 Å². The highest BCUT2D eigenvalue weighted by Gasteiger charge is 2.60. The van der Waals surface area contributed by atoms with E-state index in [2.05, 4.69) is 25.3 Å². The smallest absolute Gasteiger partial charge is 0.252 e. The van der Waals surface area contributed by atoms with Crippen LogP contribution in [0, 0.1) is 23.6 Å². The zero-order chi connectivity index (χ0) is 30.3. The van der Waals surface area contributed by atoms with Crippen molar-refractivity contribution in [1.29, 1.82) is 0 Å². The number of fused-ring (bicyclic) bond motifs is 3. The summed E-state index contributed by atoms with van der Waals surface area (Å²) in [7, 11) is 3.61. The van der Waals surface area contributed by atoms with Gasteiger partial charge < -0.3 is 26.2 Å². The molecule has 0 radical (unpaired) electrons. The summed E-state index contributed by atoms with van der Waals surface area (Å²) in [5.74, 6) is -4.99. The number of phenols is 1. The van der Waals surface area contributed by atoms with Gasteiger partial charge in [-0.2, -0.15) is 0 Å². The number of halogens is 1. The molecule has 6 N–H and O–H groups in total. The Hall–Kier alpha value is -3.21. The van der Waals surface area contributed by atoms with Gasteiger partial charge in [0.05, 0.1) is 17.2 Å². The topological polar surface area (TPSA) is 148 Å². The van der Waals surface area contributed by atoms with Crippen molar-refractivity contribution in [1.82, 2.24) is 9.80 Å². The van der Waals surface area contributed by atoms with Gasteiger partial charge in [0.2, 0.25) is 0 Å². The van der Waals surface area contributed by atoms with Crippen molar-refractivity contribution in [2.24, 2.45) is 23.5 Å². The molecule has 4 aliphatic carbocycles. The van der Waals surface area contributed by atoms with Crippen LogP contribution in [0.25, 0.3) is 0 Å². The minimum Gasteiger partial charge on any atom is -0.510 e. The zero-order valence-electron chi connectivity index (χ0n) is 24.3. The second kappa shape index (κ2) is 9.68. The van der Waals surface area contributed by atoms with Crippen LogP contribution in [0.1, 0.15) is 61.5 Å². The lowest BCUT2D eigenvalue weighted by molar-refractivity contribution is -0.116. The van der Waals surface area contributed by atoms with E-state index < -0.39 is 58.1 Å². The fourth-order valence-electron chi connectivity index (χ4n) is 7.30. The van der Waals surface area contributed by atoms with Crippen molar-refractivity contribution < 1.29 is 34.4 Å². The summed E-state index contributed by atoms with van der Waals surface area (Å²) in [6.45, 7) is 10.5. The molecule has 41 heavy (non-hydrogen) atoms. The maximum absolute atomic E-state index is 16.1. The zero-order valence-corrected chi connectivity index (χ0v) is 24.3. The molecule has 9 nitrogen and oxygen atoms in total. The first-order valence-electron chi connectivity index (χ1n) is 14.2. The third kappa shape index (κ3) is 4.13. The average molecular weight is 570 g/mol. The quantitative estimate of drug-likeness (QED) is 0.336. The van der Waals surface area contributed by atoms with Gasteiger partial charge in [-0.25, -0.2) is 4.39 Å². The number of phenolic OH excluding ortho intramolecular Hbond substituents is 1. The number of amides is 1. The normalized spacial score (nSPS) is 28.3. The summed E-state index contributed by atoms with van der Waals surface area (Å²) in [6.07, 6.45) is 2.30. The second-order valence-corrected chi connectivity index (χ2v) is 12.7. The molecule has 1 aromatic rings. The molecule has 1 amide bonds. The number of ketones is 1. The molecule has 0 bridgehead atoms. The Morgan fingerprint density at radius 3 is 2.44 bits per heavy atom. The third-order valence-corrected chi connectivity index (χ3v) is 10.3. The van der Waals surface area contributed by atoms with Gasteiger partial charge in [-0.1, -0.05) is 13.5 Å². The van der Waals surface area contributed by atoms with Gasteiger partial charge in [0.1, 0.15) is 23.1 Å². The van der Waals surface area contributed by atoms with Gasteiger partial charge >= 0.3 is 0 Å². The molecule has 10 heteroatoms. The summed E-state index contributed by atoms with van der Waals surface area (Å²) in [6, 6.07) is 0.336. The maximum Gasteiger partial charge on any atom is 0.252 e. The van der Waals surface area contributed by atoms with E-state index in [1.807, 2.05) is 14.0 Å². The van der Waals surface area contributed by atoms with E-state index in [-0.39, 0.29) is 58.5 Å². The lowest BCUT2D eigenvalue weighted by Crippen LogP contribution is -2.60. The molecule has 0 spiro atoms. The van der Waals surface area contributed by atoms with Gasteiger partial charge in [0.25, 0.3) is 5.91 Å². The number of allylic oxidation sites excluding steroid dienone is 1. The fourth-order valence-corrected chi connectivity index (χ4v) is 7.30. The summed E-state index contributed by atoms with van der Waals surface area (Å²) in [4.78, 5) is 29.9. The van der Waals surface area contributed by atoms with Crippen molar-refractivity contribution in [3.05, 3.63) is 63.4 Å². The maximum atomic E-state index is 16.1. The lowest BCUT2D eigenvalue weighted by atomic mass is 9.57. The van der Waals surface area contributed by atoms with Crippen LogP contribution in [0.2, 0.25) is 0 Å². The lowest BCUT2D eigenvalue weighted by Gasteiger charge is -2.52. The molecule has 0 aromatic heterocycles. The number of nitrogens with two attached hydrogens (primary N) is 1. The number of aromatic hydroxyl groups is 1. The molecule has 4 aliphatic rings. The van der Waals surface area contributed by atoms with Crippen molar-refractivity contribution >= 4 is 11.7 Å². The summed E-state index contributed by atoms with van der Waals surface area (Å²) < 4.78 is 16.1. The second-order valence-electron chi connectivity index (χ2n) is 12.7. The highest BCUT2D eigenvalue weighted by molar-refractivity contribution is 6.13. The molecule has 5 rings (SSSR count). The summed E-state index contributed by atoms with van der Waals surface area (Å²) >= 11 is 0. The van der Waals surface area contributed by atoms with E-state index >= 15 is 4.39 Å². The Morgan fingerprint density at radius 1 is 1.24 bits per heavy atom. The number of nitrogens with zero attached hydrogens (tertiary/aromatic N) is 2. The first-order chi connectivity index (χ1) is 19.1. The van der Waals surface area contributed by atoms with Gasteiger partial charge in [0, 0.05) is 40.3 Å². The SMILES string of the molecule is C=C1C(C(N)=O)=C(O)[C@@H](N(C)CC)[C@@H]2C[C@@H]3Cc4c(F)c(CN(C)C(C)(C)C5CC5)cc(O)c4C(=O)C3=C(O)[C@]12O. The van der Waals surface area contributed by atoms with Crippen LogP contribution in [0.3, 0.4) is 0 Å².